The maximum Gasteiger partial charge on any atom is 0.136 e. The number of benzene rings is 8. The Kier molecular flexibility index (Phi) is 6.18. The van der Waals surface area contributed by atoms with E-state index in [9.17, 15) is 0 Å². The molecule has 49 heavy (non-hydrogen) atoms. The van der Waals surface area contributed by atoms with E-state index in [-0.39, 0.29) is 0 Å². The zero-order chi connectivity index (χ0) is 32.3. The molecule has 8 aromatic carbocycles. The molecule has 0 bridgehead atoms. The van der Waals surface area contributed by atoms with E-state index in [4.69, 9.17) is 4.42 Å². The lowest BCUT2D eigenvalue weighted by molar-refractivity contribution is 0.669. The summed E-state index contributed by atoms with van der Waals surface area (Å²) < 4.78 is 8.62. The predicted octanol–water partition coefficient (Wildman–Crippen LogP) is 13.0. The summed E-state index contributed by atoms with van der Waals surface area (Å²) in [5.74, 6) is 0. The highest BCUT2D eigenvalue weighted by Gasteiger charge is 2.19. The van der Waals surface area contributed by atoms with E-state index < -0.39 is 0 Å². The van der Waals surface area contributed by atoms with Crippen molar-refractivity contribution < 1.29 is 4.42 Å². The highest BCUT2D eigenvalue weighted by molar-refractivity contribution is 6.12. The van der Waals surface area contributed by atoms with Gasteiger partial charge in [0.05, 0.1) is 11.0 Å². The van der Waals surface area contributed by atoms with Crippen LogP contribution in [-0.4, -0.2) is 4.57 Å². The predicted molar refractivity (Wildman–Crippen MR) is 206 cm³/mol. The fourth-order valence-corrected chi connectivity index (χ4v) is 7.45. The van der Waals surface area contributed by atoms with Gasteiger partial charge in [0.2, 0.25) is 0 Å². The van der Waals surface area contributed by atoms with E-state index >= 15 is 0 Å². The van der Waals surface area contributed by atoms with Crippen LogP contribution in [0, 0.1) is 0 Å². The molecule has 0 saturated heterocycles. The van der Waals surface area contributed by atoms with Crippen LogP contribution < -0.4 is 4.90 Å². The molecular formula is C46H30N2O. The smallest absolute Gasteiger partial charge is 0.136 e. The fourth-order valence-electron chi connectivity index (χ4n) is 7.45. The number of aromatic nitrogens is 1. The normalized spacial score (nSPS) is 11.7. The third kappa shape index (κ3) is 4.51. The Hall–Kier alpha value is -6.58. The summed E-state index contributed by atoms with van der Waals surface area (Å²) in [7, 11) is 0. The molecule has 0 aliphatic carbocycles. The number of furan rings is 1. The lowest BCUT2D eigenvalue weighted by Gasteiger charge is -2.27. The van der Waals surface area contributed by atoms with Gasteiger partial charge in [-0.25, -0.2) is 0 Å². The van der Waals surface area contributed by atoms with Crippen molar-refractivity contribution in [3.8, 4) is 16.8 Å². The molecule has 0 unspecified atom stereocenters. The molecule has 2 heterocycles. The summed E-state index contributed by atoms with van der Waals surface area (Å²) in [6.07, 6.45) is 0. The molecule has 10 rings (SSSR count). The van der Waals surface area contributed by atoms with Crippen LogP contribution in [0.4, 0.5) is 17.1 Å². The van der Waals surface area contributed by atoms with Crippen molar-refractivity contribution in [2.45, 2.75) is 0 Å². The molecule has 0 saturated carbocycles. The molecular weight excluding hydrogens is 597 g/mol. The first-order chi connectivity index (χ1) is 24.3. The quantitative estimate of drug-likeness (QED) is 0.190. The molecule has 0 radical (unpaired) electrons. The monoisotopic (exact) mass is 626 g/mol. The Morgan fingerprint density at radius 2 is 1.04 bits per heavy atom. The van der Waals surface area contributed by atoms with Gasteiger partial charge in [0.15, 0.2) is 0 Å². The van der Waals surface area contributed by atoms with Crippen molar-refractivity contribution in [3.63, 3.8) is 0 Å². The average molecular weight is 627 g/mol. The van der Waals surface area contributed by atoms with Crippen molar-refractivity contribution in [2.75, 3.05) is 4.90 Å². The van der Waals surface area contributed by atoms with Gasteiger partial charge in [-0.15, -0.1) is 0 Å². The zero-order valence-corrected chi connectivity index (χ0v) is 26.6. The van der Waals surface area contributed by atoms with Crippen LogP contribution in [-0.2, 0) is 0 Å². The van der Waals surface area contributed by atoms with Crippen LogP contribution >= 0.6 is 0 Å². The maximum absolute atomic E-state index is 6.23. The standard InChI is InChI=1S/C46H30N2O/c1-3-12-31(13-4-1)32-14-11-17-36(26-32)47(37-23-22-33-29-46-42(28-34(33)27-37)41-19-8-10-21-45(41)49-46)38-24-25-40-39-18-7-9-20-43(39)48(44(40)30-38)35-15-5-2-6-16-35/h1-30H. The summed E-state index contributed by atoms with van der Waals surface area (Å²) in [4.78, 5) is 2.38. The van der Waals surface area contributed by atoms with Crippen molar-refractivity contribution >= 4 is 71.6 Å². The minimum atomic E-state index is 0.910. The molecule has 0 N–H and O–H groups in total. The van der Waals surface area contributed by atoms with Gasteiger partial charge in [-0.3, -0.25) is 0 Å². The van der Waals surface area contributed by atoms with Gasteiger partial charge in [0, 0.05) is 44.3 Å². The van der Waals surface area contributed by atoms with Crippen LogP contribution in [0.15, 0.2) is 186 Å². The van der Waals surface area contributed by atoms with E-state index in [2.05, 4.69) is 179 Å². The number of hydrogen-bond donors (Lipinski definition) is 0. The Labute approximate surface area is 283 Å². The molecule has 0 aliphatic heterocycles. The summed E-state index contributed by atoms with van der Waals surface area (Å²) in [6, 6.07) is 65.1. The SMILES string of the molecule is c1ccc(-c2cccc(N(c3ccc4cc5oc6ccccc6c5cc4c3)c3ccc4c5ccccc5n(-c5ccccc5)c4c3)c2)cc1. The van der Waals surface area contributed by atoms with E-state index in [0.717, 1.165) is 50.1 Å². The van der Waals surface area contributed by atoms with Gasteiger partial charge >= 0.3 is 0 Å². The highest BCUT2D eigenvalue weighted by Crippen LogP contribution is 2.42. The van der Waals surface area contributed by atoms with Crippen LogP contribution in [0.5, 0.6) is 0 Å². The summed E-state index contributed by atoms with van der Waals surface area (Å²) in [5, 5.41) is 7.05. The molecule has 0 atom stereocenters. The summed E-state index contributed by atoms with van der Waals surface area (Å²) >= 11 is 0. The number of anilines is 3. The van der Waals surface area contributed by atoms with Gasteiger partial charge in [-0.2, -0.15) is 0 Å². The van der Waals surface area contributed by atoms with E-state index in [1.807, 2.05) is 12.1 Å². The van der Waals surface area contributed by atoms with Gasteiger partial charge in [-0.1, -0.05) is 109 Å². The molecule has 3 nitrogen and oxygen atoms in total. The van der Waals surface area contributed by atoms with E-state index in [1.165, 1.54) is 38.3 Å². The Morgan fingerprint density at radius 1 is 0.367 bits per heavy atom. The molecule has 0 spiro atoms. The second-order valence-electron chi connectivity index (χ2n) is 12.6. The van der Waals surface area contributed by atoms with Crippen LogP contribution in [0.2, 0.25) is 0 Å². The first-order valence-corrected chi connectivity index (χ1v) is 16.7. The van der Waals surface area contributed by atoms with Crippen molar-refractivity contribution in [2.24, 2.45) is 0 Å². The Morgan fingerprint density at radius 3 is 1.92 bits per heavy atom. The van der Waals surface area contributed by atoms with Gasteiger partial charge in [0.25, 0.3) is 0 Å². The Balaban J connectivity index is 1.22. The Bertz CT molecular complexity index is 2830. The minimum Gasteiger partial charge on any atom is -0.456 e. The average Bonchev–Trinajstić information content (AvgIpc) is 3.69. The van der Waals surface area contributed by atoms with Crippen LogP contribution in [0.3, 0.4) is 0 Å². The lowest BCUT2D eigenvalue weighted by Crippen LogP contribution is -2.10. The number of hydrogen-bond acceptors (Lipinski definition) is 2. The number of nitrogens with zero attached hydrogens (tertiary/aromatic N) is 2. The molecule has 0 amide bonds. The van der Waals surface area contributed by atoms with Gasteiger partial charge in [0.1, 0.15) is 11.2 Å². The second kappa shape index (κ2) is 11.0. The number of fused-ring (bicyclic) bond motifs is 7. The van der Waals surface area contributed by atoms with Crippen molar-refractivity contribution in [3.05, 3.63) is 182 Å². The van der Waals surface area contributed by atoms with E-state index in [1.54, 1.807) is 0 Å². The topological polar surface area (TPSA) is 21.3 Å². The first-order valence-electron chi connectivity index (χ1n) is 16.7. The number of rotatable bonds is 5. The molecule has 0 fully saturated rings. The van der Waals surface area contributed by atoms with Crippen molar-refractivity contribution in [1.82, 2.24) is 4.57 Å². The third-order valence-electron chi connectivity index (χ3n) is 9.72. The molecule has 10 aromatic rings. The minimum absolute atomic E-state index is 0.910. The van der Waals surface area contributed by atoms with Gasteiger partial charge < -0.3 is 13.9 Å². The summed E-state index contributed by atoms with van der Waals surface area (Å²) in [6.45, 7) is 0. The molecule has 0 aliphatic rings. The highest BCUT2D eigenvalue weighted by atomic mass is 16.3. The summed E-state index contributed by atoms with van der Waals surface area (Å²) in [5.41, 5.74) is 11.0. The third-order valence-corrected chi connectivity index (χ3v) is 9.72. The number of para-hydroxylation sites is 3. The van der Waals surface area contributed by atoms with Gasteiger partial charge in [-0.05, 0) is 94.7 Å². The van der Waals surface area contributed by atoms with E-state index in [0.29, 0.717) is 0 Å². The second-order valence-corrected chi connectivity index (χ2v) is 12.6. The molecule has 3 heteroatoms. The largest absolute Gasteiger partial charge is 0.456 e. The van der Waals surface area contributed by atoms with Crippen LogP contribution in [0.1, 0.15) is 0 Å². The maximum atomic E-state index is 6.23. The molecule has 2 aromatic heterocycles. The molecule has 230 valence electrons. The first kappa shape index (κ1) is 27.5. The van der Waals surface area contributed by atoms with Crippen LogP contribution in [0.25, 0.3) is 71.3 Å². The lowest BCUT2D eigenvalue weighted by atomic mass is 10.0. The zero-order valence-electron chi connectivity index (χ0n) is 26.6. The van der Waals surface area contributed by atoms with Crippen molar-refractivity contribution in [1.29, 1.82) is 0 Å². The fraction of sp³-hybridized carbons (Fsp3) is 0.